The van der Waals surface area contributed by atoms with Gasteiger partial charge in [0.1, 0.15) is 11.6 Å². The highest BCUT2D eigenvalue weighted by atomic mass is 16.5. The van der Waals surface area contributed by atoms with E-state index in [-0.39, 0.29) is 36.7 Å². The lowest BCUT2D eigenvalue weighted by atomic mass is 10.1. The van der Waals surface area contributed by atoms with Gasteiger partial charge >= 0.3 is 6.09 Å². The summed E-state index contributed by atoms with van der Waals surface area (Å²) in [6.45, 7) is 8.12. The van der Waals surface area contributed by atoms with Crippen molar-refractivity contribution < 1.29 is 19.4 Å². The Morgan fingerprint density at radius 2 is 1.86 bits per heavy atom. The van der Waals surface area contributed by atoms with Gasteiger partial charge in [0.15, 0.2) is 0 Å². The van der Waals surface area contributed by atoms with Crippen LogP contribution < -0.4 is 20.3 Å². The highest BCUT2D eigenvalue weighted by Gasteiger charge is 2.18. The van der Waals surface area contributed by atoms with Gasteiger partial charge in [-0.3, -0.25) is 9.69 Å². The molecule has 1 aromatic heterocycles. The van der Waals surface area contributed by atoms with Crippen LogP contribution in [0.2, 0.25) is 0 Å². The zero-order valence-electron chi connectivity index (χ0n) is 24.6. The van der Waals surface area contributed by atoms with Gasteiger partial charge in [0.25, 0.3) is 0 Å². The van der Waals surface area contributed by atoms with Gasteiger partial charge in [-0.25, -0.2) is 9.78 Å². The summed E-state index contributed by atoms with van der Waals surface area (Å²) < 4.78 is 5.97. The van der Waals surface area contributed by atoms with Crippen molar-refractivity contribution in [3.8, 4) is 5.75 Å². The molecule has 0 saturated carbocycles. The van der Waals surface area contributed by atoms with E-state index in [4.69, 9.17) is 4.74 Å². The average molecular weight is 575 g/mol. The average Bonchev–Trinajstić information content (AvgIpc) is 2.99. The number of aromatic nitrogens is 2. The number of carboxylic acid groups (broad SMARTS) is 1. The molecular weight excluding hydrogens is 532 g/mol. The first-order chi connectivity index (χ1) is 20.4. The summed E-state index contributed by atoms with van der Waals surface area (Å²) >= 11 is 0. The third-order valence-electron chi connectivity index (χ3n) is 7.29. The Labute approximate surface area is 248 Å². The van der Waals surface area contributed by atoms with Gasteiger partial charge in [-0.15, -0.1) is 0 Å². The van der Waals surface area contributed by atoms with Gasteiger partial charge in [0.05, 0.1) is 19.6 Å². The van der Waals surface area contributed by atoms with Crippen molar-refractivity contribution in [2.45, 2.75) is 65.0 Å². The maximum Gasteiger partial charge on any atom is 0.413 e. The lowest BCUT2D eigenvalue weighted by Crippen LogP contribution is -2.33. The molecular formula is C32H42N6O4. The van der Waals surface area contributed by atoms with Crippen LogP contribution in [0.1, 0.15) is 57.1 Å². The van der Waals surface area contributed by atoms with E-state index in [2.05, 4.69) is 25.5 Å². The van der Waals surface area contributed by atoms with Gasteiger partial charge in [-0.05, 0) is 75.0 Å². The molecule has 224 valence electrons. The Morgan fingerprint density at radius 3 is 2.64 bits per heavy atom. The maximum atomic E-state index is 12.3. The first-order valence-electron chi connectivity index (χ1n) is 14.8. The zero-order chi connectivity index (χ0) is 29.7. The molecule has 2 heterocycles. The smallest absolute Gasteiger partial charge is 0.413 e. The first-order valence-corrected chi connectivity index (χ1v) is 14.8. The predicted octanol–water partition coefficient (Wildman–Crippen LogP) is 5.62. The summed E-state index contributed by atoms with van der Waals surface area (Å²) in [7, 11) is 0. The molecule has 3 aromatic rings. The van der Waals surface area contributed by atoms with E-state index in [0.29, 0.717) is 6.61 Å². The minimum absolute atomic E-state index is 0.0602. The third kappa shape index (κ3) is 9.73. The van der Waals surface area contributed by atoms with Crippen LogP contribution in [0.3, 0.4) is 0 Å². The van der Waals surface area contributed by atoms with Gasteiger partial charge < -0.3 is 25.4 Å². The number of carbonyl (C=O) groups excluding carboxylic acids is 1. The Balaban J connectivity index is 1.36. The number of rotatable bonds is 14. The Kier molecular flexibility index (Phi) is 11.5. The number of nitrogens with one attached hydrogen (secondary N) is 2. The fourth-order valence-electron chi connectivity index (χ4n) is 4.89. The van der Waals surface area contributed by atoms with E-state index in [0.717, 1.165) is 46.9 Å². The van der Waals surface area contributed by atoms with Crippen LogP contribution in [0.15, 0.2) is 60.8 Å². The molecule has 3 N–H and O–H groups in total. The molecule has 4 rings (SSSR count). The van der Waals surface area contributed by atoms with E-state index >= 15 is 0 Å². The number of amides is 2. The summed E-state index contributed by atoms with van der Waals surface area (Å²) in [5.41, 5.74) is 2.31. The molecule has 0 spiro atoms. The van der Waals surface area contributed by atoms with Gasteiger partial charge in [-0.2, -0.15) is 4.98 Å². The SMILES string of the molecule is CCC(C)NC(=O)Cc1cccc(CN(C(=O)O)c2ccnc(Nc3cccc(OCCCN4CCCCC4)c3)n2)c1. The molecule has 1 aliphatic rings. The van der Waals surface area contributed by atoms with Crippen LogP contribution in [0.25, 0.3) is 0 Å². The van der Waals surface area contributed by atoms with E-state index in [1.165, 1.54) is 38.5 Å². The van der Waals surface area contributed by atoms with Crippen molar-refractivity contribution in [3.05, 3.63) is 71.9 Å². The van der Waals surface area contributed by atoms with Crippen LogP contribution in [0, 0.1) is 0 Å². The number of ether oxygens (including phenoxy) is 1. The molecule has 42 heavy (non-hydrogen) atoms. The number of benzene rings is 2. The number of carbonyl (C=O) groups is 2. The zero-order valence-corrected chi connectivity index (χ0v) is 24.6. The quantitative estimate of drug-likeness (QED) is 0.212. The molecule has 2 aromatic carbocycles. The van der Waals surface area contributed by atoms with Gasteiger partial charge in [-0.1, -0.05) is 43.7 Å². The Morgan fingerprint density at radius 1 is 1.07 bits per heavy atom. The normalized spacial score (nSPS) is 14.1. The van der Waals surface area contributed by atoms with Crippen LogP contribution in [0.5, 0.6) is 5.75 Å². The molecule has 1 unspecified atom stereocenters. The van der Waals surface area contributed by atoms with Crippen LogP contribution in [-0.4, -0.2) is 64.3 Å². The van der Waals surface area contributed by atoms with Crippen LogP contribution in [0.4, 0.5) is 22.2 Å². The topological polar surface area (TPSA) is 120 Å². The monoisotopic (exact) mass is 574 g/mol. The second kappa shape index (κ2) is 15.7. The Bertz CT molecular complexity index is 1310. The molecule has 0 aliphatic carbocycles. The fraction of sp³-hybridized carbons (Fsp3) is 0.438. The van der Waals surface area contributed by atoms with E-state index in [1.54, 1.807) is 6.07 Å². The molecule has 1 fully saturated rings. The molecule has 0 radical (unpaired) electrons. The maximum absolute atomic E-state index is 12.3. The van der Waals surface area contributed by atoms with E-state index in [1.807, 2.05) is 62.4 Å². The summed E-state index contributed by atoms with van der Waals surface area (Å²) in [5, 5.41) is 16.1. The lowest BCUT2D eigenvalue weighted by Gasteiger charge is -2.26. The van der Waals surface area contributed by atoms with Crippen molar-refractivity contribution in [3.63, 3.8) is 0 Å². The fourth-order valence-corrected chi connectivity index (χ4v) is 4.89. The minimum Gasteiger partial charge on any atom is -0.493 e. The third-order valence-corrected chi connectivity index (χ3v) is 7.29. The minimum atomic E-state index is -1.14. The largest absolute Gasteiger partial charge is 0.493 e. The molecule has 1 saturated heterocycles. The summed E-state index contributed by atoms with van der Waals surface area (Å²) in [5.74, 6) is 1.20. The van der Waals surface area contributed by atoms with Gasteiger partial charge in [0, 0.05) is 30.5 Å². The second-order valence-electron chi connectivity index (χ2n) is 10.7. The number of nitrogens with zero attached hydrogens (tertiary/aromatic N) is 4. The van der Waals surface area contributed by atoms with E-state index in [9.17, 15) is 14.7 Å². The summed E-state index contributed by atoms with van der Waals surface area (Å²) in [6.07, 6.45) is 6.35. The van der Waals surface area contributed by atoms with Crippen molar-refractivity contribution in [2.24, 2.45) is 0 Å². The molecule has 0 bridgehead atoms. The van der Waals surface area contributed by atoms with Crippen LogP contribution >= 0.6 is 0 Å². The summed E-state index contributed by atoms with van der Waals surface area (Å²) in [4.78, 5) is 37.0. The van der Waals surface area contributed by atoms with Crippen LogP contribution in [-0.2, 0) is 17.8 Å². The molecule has 1 atom stereocenters. The number of likely N-dealkylation sites (tertiary alicyclic amines) is 1. The van der Waals surface area contributed by atoms with Crippen molar-refractivity contribution in [1.29, 1.82) is 0 Å². The highest BCUT2D eigenvalue weighted by Crippen LogP contribution is 2.22. The lowest BCUT2D eigenvalue weighted by molar-refractivity contribution is -0.121. The molecule has 10 nitrogen and oxygen atoms in total. The van der Waals surface area contributed by atoms with Crippen molar-refractivity contribution in [1.82, 2.24) is 20.2 Å². The highest BCUT2D eigenvalue weighted by molar-refractivity contribution is 5.85. The van der Waals surface area contributed by atoms with Crippen molar-refractivity contribution >= 4 is 29.5 Å². The first kappa shape index (κ1) is 30.8. The molecule has 1 aliphatic heterocycles. The van der Waals surface area contributed by atoms with E-state index < -0.39 is 6.09 Å². The number of hydrogen-bond acceptors (Lipinski definition) is 7. The van der Waals surface area contributed by atoms with Crippen molar-refractivity contribution in [2.75, 3.05) is 36.5 Å². The number of hydrogen-bond donors (Lipinski definition) is 3. The van der Waals surface area contributed by atoms with Gasteiger partial charge in [0.2, 0.25) is 11.9 Å². The predicted molar refractivity (Wildman–Crippen MR) is 164 cm³/mol. The Hall–Kier alpha value is -4.18. The number of anilines is 3. The second-order valence-corrected chi connectivity index (χ2v) is 10.7. The molecule has 10 heteroatoms. The number of piperidine rings is 1. The standard InChI is InChI=1S/C32H42N6O4/c1-3-24(2)34-30(39)21-25-10-7-11-26(20-25)23-38(32(40)41)29-14-15-33-31(36-29)35-27-12-8-13-28(22-27)42-19-9-18-37-16-5-4-6-17-37/h7-8,10-15,20,22,24H,3-6,9,16-19,21,23H2,1-2H3,(H,34,39)(H,40,41)(H,33,35,36). The molecule has 2 amide bonds. The summed E-state index contributed by atoms with van der Waals surface area (Å²) in [6, 6.07) is 16.6.